The SMILES string of the molecule is COC(=O)CCCCCCOc1cc(F)cc2c(-c3cnc(OC)c(NS(C)(=O)=O)c3)nc(N3CCOCC3)nc12. The number of carbonyl (C=O) groups is 1. The number of esters is 1. The van der Waals surface area contributed by atoms with Gasteiger partial charge in [-0.25, -0.2) is 27.8 Å². The van der Waals surface area contributed by atoms with Crippen LogP contribution in [0.1, 0.15) is 32.1 Å². The number of hydrogen-bond acceptors (Lipinski definition) is 11. The van der Waals surface area contributed by atoms with Gasteiger partial charge in [0.25, 0.3) is 0 Å². The number of anilines is 2. The van der Waals surface area contributed by atoms with Gasteiger partial charge in [0.05, 0.1) is 46.0 Å². The molecular formula is C27H34FN5O7S. The van der Waals surface area contributed by atoms with Gasteiger partial charge < -0.3 is 23.8 Å². The molecule has 1 saturated heterocycles. The third-order valence-corrected chi connectivity index (χ3v) is 6.98. The van der Waals surface area contributed by atoms with Crippen LogP contribution in [0, 0.1) is 5.82 Å². The van der Waals surface area contributed by atoms with Crippen LogP contribution in [0.5, 0.6) is 11.6 Å². The number of morpholine rings is 1. The lowest BCUT2D eigenvalue weighted by Crippen LogP contribution is -2.37. The van der Waals surface area contributed by atoms with E-state index in [4.69, 9.17) is 24.2 Å². The third-order valence-electron chi connectivity index (χ3n) is 6.39. The van der Waals surface area contributed by atoms with E-state index in [9.17, 15) is 17.6 Å². The summed E-state index contributed by atoms with van der Waals surface area (Å²) < 4.78 is 62.7. The second-order valence-electron chi connectivity index (χ2n) is 9.52. The Hall–Kier alpha value is -3.78. The summed E-state index contributed by atoms with van der Waals surface area (Å²) in [7, 11) is -0.893. The standard InChI is InChI=1S/C27H34FN5O7S/c1-37-23(34)8-6-4-5-7-11-40-22-16-19(28)15-20-24(30-27(31-25(20)22)33-9-12-39-13-10-33)18-14-21(32-41(3,35)36)26(38-2)29-17-18/h14-17,32H,4-13H2,1-3H3. The van der Waals surface area contributed by atoms with Crippen molar-refractivity contribution in [2.24, 2.45) is 0 Å². The number of ether oxygens (including phenoxy) is 4. The fourth-order valence-electron chi connectivity index (χ4n) is 4.42. The second-order valence-corrected chi connectivity index (χ2v) is 11.3. The normalized spacial score (nSPS) is 13.7. The summed E-state index contributed by atoms with van der Waals surface area (Å²) in [5.41, 5.74) is 1.32. The number of unbranched alkanes of at least 4 members (excludes halogenated alkanes) is 3. The number of methoxy groups -OCH3 is 2. The van der Waals surface area contributed by atoms with E-state index in [1.165, 1.54) is 38.6 Å². The van der Waals surface area contributed by atoms with Crippen molar-refractivity contribution in [3.05, 3.63) is 30.2 Å². The average molecular weight is 592 g/mol. The monoisotopic (exact) mass is 591 g/mol. The van der Waals surface area contributed by atoms with Crippen molar-refractivity contribution in [3.63, 3.8) is 0 Å². The van der Waals surface area contributed by atoms with E-state index in [1.54, 1.807) is 0 Å². The van der Waals surface area contributed by atoms with E-state index in [2.05, 4.69) is 14.4 Å². The molecule has 0 saturated carbocycles. The van der Waals surface area contributed by atoms with Gasteiger partial charge in [-0.2, -0.15) is 0 Å². The van der Waals surface area contributed by atoms with Crippen LogP contribution in [0.2, 0.25) is 0 Å². The molecule has 1 fully saturated rings. The predicted octanol–water partition coefficient (Wildman–Crippen LogP) is 3.55. The summed E-state index contributed by atoms with van der Waals surface area (Å²) in [4.78, 5) is 27.0. The molecule has 4 rings (SSSR count). The van der Waals surface area contributed by atoms with Gasteiger partial charge in [-0.3, -0.25) is 9.52 Å². The molecule has 222 valence electrons. The molecule has 1 aliphatic heterocycles. The Kier molecular flexibility index (Phi) is 10.1. The predicted molar refractivity (Wildman–Crippen MR) is 151 cm³/mol. The minimum absolute atomic E-state index is 0.0766. The molecular weight excluding hydrogens is 557 g/mol. The first kappa shape index (κ1) is 30.2. The summed E-state index contributed by atoms with van der Waals surface area (Å²) in [6, 6.07) is 4.15. The Morgan fingerprint density at radius 1 is 1.10 bits per heavy atom. The third kappa shape index (κ3) is 8.13. The van der Waals surface area contributed by atoms with Crippen molar-refractivity contribution in [2.75, 3.05) is 63.0 Å². The van der Waals surface area contributed by atoms with Crippen molar-refractivity contribution in [1.82, 2.24) is 15.0 Å². The molecule has 0 spiro atoms. The number of rotatable bonds is 13. The number of pyridine rings is 1. The fraction of sp³-hybridized carbons (Fsp3) is 0.481. The average Bonchev–Trinajstić information content (AvgIpc) is 2.95. The maximum absolute atomic E-state index is 14.9. The van der Waals surface area contributed by atoms with Crippen LogP contribution in [-0.4, -0.2) is 82.7 Å². The van der Waals surface area contributed by atoms with E-state index in [1.807, 2.05) is 4.90 Å². The molecule has 1 aromatic carbocycles. The van der Waals surface area contributed by atoms with Crippen LogP contribution < -0.4 is 19.1 Å². The van der Waals surface area contributed by atoms with Crippen molar-refractivity contribution in [1.29, 1.82) is 0 Å². The summed E-state index contributed by atoms with van der Waals surface area (Å²) in [5.74, 6) is -0.0178. The summed E-state index contributed by atoms with van der Waals surface area (Å²) in [6.45, 7) is 2.47. The highest BCUT2D eigenvalue weighted by molar-refractivity contribution is 7.92. The molecule has 0 amide bonds. The first-order chi connectivity index (χ1) is 19.7. The Labute approximate surface area is 238 Å². The van der Waals surface area contributed by atoms with Gasteiger partial charge in [-0.15, -0.1) is 0 Å². The van der Waals surface area contributed by atoms with E-state index in [0.29, 0.717) is 73.9 Å². The number of sulfonamides is 1. The molecule has 3 aromatic rings. The molecule has 14 heteroatoms. The van der Waals surface area contributed by atoms with E-state index in [-0.39, 0.29) is 23.3 Å². The largest absolute Gasteiger partial charge is 0.491 e. The number of aromatic nitrogens is 3. The quantitative estimate of drug-likeness (QED) is 0.230. The number of nitrogens with one attached hydrogen (secondary N) is 1. The molecule has 3 heterocycles. The fourth-order valence-corrected chi connectivity index (χ4v) is 4.96. The van der Waals surface area contributed by atoms with Crippen molar-refractivity contribution in [2.45, 2.75) is 32.1 Å². The smallest absolute Gasteiger partial charge is 0.305 e. The zero-order valence-electron chi connectivity index (χ0n) is 23.3. The number of hydrogen-bond donors (Lipinski definition) is 1. The molecule has 0 aliphatic carbocycles. The zero-order chi connectivity index (χ0) is 29.4. The number of halogens is 1. The Balaban J connectivity index is 1.69. The number of carbonyl (C=O) groups excluding carboxylic acids is 1. The van der Waals surface area contributed by atoms with Gasteiger partial charge in [-0.05, 0) is 25.0 Å². The topological polar surface area (TPSA) is 142 Å². The molecule has 0 unspecified atom stereocenters. The molecule has 0 atom stereocenters. The maximum atomic E-state index is 14.9. The van der Waals surface area contributed by atoms with Crippen LogP contribution in [0.4, 0.5) is 16.0 Å². The van der Waals surface area contributed by atoms with Gasteiger partial charge in [0.2, 0.25) is 21.9 Å². The van der Waals surface area contributed by atoms with Crippen LogP contribution in [0.25, 0.3) is 22.2 Å². The highest BCUT2D eigenvalue weighted by atomic mass is 32.2. The number of fused-ring (bicyclic) bond motifs is 1. The summed E-state index contributed by atoms with van der Waals surface area (Å²) in [6.07, 6.45) is 5.97. The lowest BCUT2D eigenvalue weighted by atomic mass is 10.1. The number of benzene rings is 1. The van der Waals surface area contributed by atoms with E-state index >= 15 is 0 Å². The molecule has 12 nitrogen and oxygen atoms in total. The molecule has 0 radical (unpaired) electrons. The number of nitrogens with zero attached hydrogens (tertiary/aromatic N) is 4. The maximum Gasteiger partial charge on any atom is 0.305 e. The minimum atomic E-state index is -3.64. The Bertz CT molecular complexity index is 1480. The van der Waals surface area contributed by atoms with Gasteiger partial charge in [0.1, 0.15) is 22.8 Å². The minimum Gasteiger partial charge on any atom is -0.491 e. The van der Waals surface area contributed by atoms with Crippen LogP contribution >= 0.6 is 0 Å². The van der Waals surface area contributed by atoms with Crippen molar-refractivity contribution >= 4 is 38.5 Å². The van der Waals surface area contributed by atoms with Crippen molar-refractivity contribution < 1.29 is 36.6 Å². The zero-order valence-corrected chi connectivity index (χ0v) is 24.1. The molecule has 1 aliphatic rings. The van der Waals surface area contributed by atoms with Gasteiger partial charge in [0, 0.05) is 42.7 Å². The lowest BCUT2D eigenvalue weighted by Gasteiger charge is -2.27. The first-order valence-electron chi connectivity index (χ1n) is 13.2. The van der Waals surface area contributed by atoms with Crippen molar-refractivity contribution in [3.8, 4) is 22.9 Å². The Morgan fingerprint density at radius 3 is 2.56 bits per heavy atom. The van der Waals surface area contributed by atoms with Gasteiger partial charge in [0.15, 0.2) is 0 Å². The Morgan fingerprint density at radius 2 is 1.85 bits per heavy atom. The molecule has 1 N–H and O–H groups in total. The van der Waals surface area contributed by atoms with E-state index < -0.39 is 15.8 Å². The second kappa shape index (κ2) is 13.7. The lowest BCUT2D eigenvalue weighted by molar-refractivity contribution is -0.140. The summed E-state index contributed by atoms with van der Waals surface area (Å²) >= 11 is 0. The summed E-state index contributed by atoms with van der Waals surface area (Å²) in [5, 5.41) is 0.382. The van der Waals surface area contributed by atoms with Crippen LogP contribution in [-0.2, 0) is 24.3 Å². The highest BCUT2D eigenvalue weighted by Gasteiger charge is 2.22. The first-order valence-corrected chi connectivity index (χ1v) is 15.1. The highest BCUT2D eigenvalue weighted by Crippen LogP contribution is 2.36. The van der Waals surface area contributed by atoms with Crippen LogP contribution in [0.15, 0.2) is 24.4 Å². The van der Waals surface area contributed by atoms with Crippen LogP contribution in [0.3, 0.4) is 0 Å². The molecule has 41 heavy (non-hydrogen) atoms. The van der Waals surface area contributed by atoms with Gasteiger partial charge in [-0.1, -0.05) is 12.8 Å². The van der Waals surface area contributed by atoms with Gasteiger partial charge >= 0.3 is 5.97 Å². The van der Waals surface area contributed by atoms with E-state index in [0.717, 1.165) is 25.5 Å². The molecule has 0 bridgehead atoms. The molecule has 2 aromatic heterocycles.